The fraction of sp³-hybridized carbons (Fsp3) is 0.385. The first-order valence-corrected chi connectivity index (χ1v) is 8.36. The van der Waals surface area contributed by atoms with E-state index >= 15 is 0 Å². The van der Waals surface area contributed by atoms with E-state index in [1.807, 2.05) is 31.2 Å². The molecule has 0 radical (unpaired) electrons. The second kappa shape index (κ2) is 6.68. The van der Waals surface area contributed by atoms with Gasteiger partial charge in [-0.05, 0) is 26.1 Å². The predicted octanol–water partition coefficient (Wildman–Crippen LogP) is 1.02. The van der Waals surface area contributed by atoms with E-state index in [1.54, 1.807) is 0 Å². The third-order valence-corrected chi connectivity index (χ3v) is 4.28. The van der Waals surface area contributed by atoms with Crippen LogP contribution in [0.4, 0.5) is 11.8 Å². The van der Waals surface area contributed by atoms with Crippen molar-refractivity contribution in [3.05, 3.63) is 24.3 Å². The number of nitrogens with zero attached hydrogens (tertiary/aromatic N) is 2. The number of benzene rings is 1. The molecule has 8 heteroatoms. The Labute approximate surface area is 124 Å². The van der Waals surface area contributed by atoms with Crippen LogP contribution in [0.25, 0.3) is 10.9 Å². The topological polar surface area (TPSA) is 96.0 Å². The summed E-state index contributed by atoms with van der Waals surface area (Å²) in [5, 5.41) is 6.99. The lowest BCUT2D eigenvalue weighted by Gasteiger charge is -2.11. The van der Waals surface area contributed by atoms with Crippen molar-refractivity contribution in [1.29, 1.82) is 0 Å². The van der Waals surface area contributed by atoms with Crippen molar-refractivity contribution in [3.63, 3.8) is 0 Å². The third kappa shape index (κ3) is 4.02. The molecule has 0 atom stereocenters. The standard InChI is InChI=1S/C13H19N5O2S/c1-3-15-13-17-11-7-5-4-6-10(11)12(18-13)16-8-9-21(19,20)14-2/h4-7,14H,3,8-9H2,1-2H3,(H2,15,16,17,18). The molecule has 3 N–H and O–H groups in total. The number of nitrogens with one attached hydrogen (secondary N) is 3. The summed E-state index contributed by atoms with van der Waals surface area (Å²) in [5.74, 6) is 1.14. The maximum absolute atomic E-state index is 11.4. The zero-order valence-electron chi connectivity index (χ0n) is 12.0. The fourth-order valence-corrected chi connectivity index (χ4v) is 2.43. The minimum Gasteiger partial charge on any atom is -0.368 e. The van der Waals surface area contributed by atoms with E-state index in [2.05, 4.69) is 25.3 Å². The average molecular weight is 309 g/mol. The molecule has 0 spiro atoms. The summed E-state index contributed by atoms with van der Waals surface area (Å²) in [6, 6.07) is 7.60. The molecule has 0 amide bonds. The van der Waals surface area contributed by atoms with E-state index in [9.17, 15) is 8.42 Å². The van der Waals surface area contributed by atoms with Crippen molar-refractivity contribution in [2.45, 2.75) is 6.92 Å². The molecule has 1 aromatic carbocycles. The lowest BCUT2D eigenvalue weighted by atomic mass is 10.2. The molecule has 1 heterocycles. The van der Waals surface area contributed by atoms with Crippen LogP contribution in [0.3, 0.4) is 0 Å². The second-order valence-corrected chi connectivity index (χ2v) is 6.44. The molecule has 1 aromatic heterocycles. The Balaban J connectivity index is 2.24. The zero-order chi connectivity index (χ0) is 15.3. The maximum atomic E-state index is 11.4. The molecule has 2 rings (SSSR count). The second-order valence-electron chi connectivity index (χ2n) is 4.39. The highest BCUT2D eigenvalue weighted by Gasteiger charge is 2.09. The maximum Gasteiger partial charge on any atom is 0.225 e. The third-order valence-electron chi connectivity index (χ3n) is 2.91. The van der Waals surface area contributed by atoms with Gasteiger partial charge in [0.2, 0.25) is 16.0 Å². The molecule has 0 unspecified atom stereocenters. The van der Waals surface area contributed by atoms with E-state index in [1.165, 1.54) is 7.05 Å². The predicted molar refractivity (Wildman–Crippen MR) is 85.0 cm³/mol. The number of aromatic nitrogens is 2. The van der Waals surface area contributed by atoms with Gasteiger partial charge in [-0.1, -0.05) is 12.1 Å². The molecule has 0 aliphatic heterocycles. The summed E-state index contributed by atoms with van der Waals surface area (Å²) < 4.78 is 25.1. The molecule has 0 saturated carbocycles. The van der Waals surface area contributed by atoms with Crippen LogP contribution >= 0.6 is 0 Å². The van der Waals surface area contributed by atoms with Crippen LogP contribution in [0.2, 0.25) is 0 Å². The van der Waals surface area contributed by atoms with Crippen molar-refractivity contribution in [1.82, 2.24) is 14.7 Å². The first-order chi connectivity index (χ1) is 10.1. The number of sulfonamides is 1. The number of hydrogen-bond acceptors (Lipinski definition) is 6. The Morgan fingerprint density at radius 3 is 2.62 bits per heavy atom. The van der Waals surface area contributed by atoms with E-state index in [0.717, 1.165) is 10.9 Å². The van der Waals surface area contributed by atoms with Gasteiger partial charge in [0.15, 0.2) is 0 Å². The number of hydrogen-bond donors (Lipinski definition) is 3. The van der Waals surface area contributed by atoms with Crippen LogP contribution in [0.15, 0.2) is 24.3 Å². The summed E-state index contributed by atoms with van der Waals surface area (Å²) in [6.45, 7) is 2.95. The Kier molecular flexibility index (Phi) is 4.92. The van der Waals surface area contributed by atoms with Crippen LogP contribution in [0, 0.1) is 0 Å². The van der Waals surface area contributed by atoms with Gasteiger partial charge in [-0.2, -0.15) is 4.98 Å². The largest absolute Gasteiger partial charge is 0.368 e. The molecular formula is C13H19N5O2S. The van der Waals surface area contributed by atoms with Crippen molar-refractivity contribution in [2.75, 3.05) is 36.5 Å². The lowest BCUT2D eigenvalue weighted by Crippen LogP contribution is -2.26. The summed E-state index contributed by atoms with van der Waals surface area (Å²) in [6.07, 6.45) is 0. The summed E-state index contributed by atoms with van der Waals surface area (Å²) in [5.41, 5.74) is 0.808. The van der Waals surface area contributed by atoms with Crippen LogP contribution in [-0.2, 0) is 10.0 Å². The Morgan fingerprint density at radius 1 is 1.14 bits per heavy atom. The minimum absolute atomic E-state index is 0.0155. The van der Waals surface area contributed by atoms with Gasteiger partial charge in [0.25, 0.3) is 0 Å². The number of rotatable bonds is 7. The molecule has 7 nitrogen and oxygen atoms in total. The van der Waals surface area contributed by atoms with Crippen LogP contribution in [0.1, 0.15) is 6.92 Å². The van der Waals surface area contributed by atoms with E-state index in [-0.39, 0.29) is 12.3 Å². The summed E-state index contributed by atoms with van der Waals surface area (Å²) >= 11 is 0. The quantitative estimate of drug-likeness (QED) is 0.707. The normalized spacial score (nSPS) is 11.5. The Morgan fingerprint density at radius 2 is 1.90 bits per heavy atom. The summed E-state index contributed by atoms with van der Waals surface area (Å²) in [7, 11) is -1.83. The first kappa shape index (κ1) is 15.5. The van der Waals surface area contributed by atoms with Gasteiger partial charge >= 0.3 is 0 Å². The van der Waals surface area contributed by atoms with Gasteiger partial charge in [0.05, 0.1) is 11.3 Å². The monoisotopic (exact) mass is 309 g/mol. The van der Waals surface area contributed by atoms with Crippen molar-refractivity contribution < 1.29 is 8.42 Å². The number of anilines is 2. The molecule has 0 aliphatic carbocycles. The van der Waals surface area contributed by atoms with E-state index < -0.39 is 10.0 Å². The lowest BCUT2D eigenvalue weighted by molar-refractivity contribution is 0.588. The highest BCUT2D eigenvalue weighted by molar-refractivity contribution is 7.89. The summed E-state index contributed by atoms with van der Waals surface area (Å²) in [4.78, 5) is 8.79. The van der Waals surface area contributed by atoms with Gasteiger partial charge in [-0.25, -0.2) is 18.1 Å². The Bertz CT molecular complexity index is 718. The van der Waals surface area contributed by atoms with Crippen LogP contribution < -0.4 is 15.4 Å². The highest BCUT2D eigenvalue weighted by atomic mass is 32.2. The van der Waals surface area contributed by atoms with E-state index in [0.29, 0.717) is 18.3 Å². The molecule has 0 bridgehead atoms. The average Bonchev–Trinajstić information content (AvgIpc) is 2.47. The first-order valence-electron chi connectivity index (χ1n) is 6.71. The molecule has 2 aromatic rings. The van der Waals surface area contributed by atoms with Crippen molar-refractivity contribution in [2.24, 2.45) is 0 Å². The van der Waals surface area contributed by atoms with Crippen molar-refractivity contribution in [3.8, 4) is 0 Å². The van der Waals surface area contributed by atoms with Gasteiger partial charge in [0, 0.05) is 18.5 Å². The smallest absolute Gasteiger partial charge is 0.225 e. The number of para-hydroxylation sites is 1. The van der Waals surface area contributed by atoms with Gasteiger partial charge < -0.3 is 10.6 Å². The SMILES string of the molecule is CCNc1nc(NCCS(=O)(=O)NC)c2ccccc2n1. The molecule has 0 aliphatic rings. The van der Waals surface area contributed by atoms with Gasteiger partial charge in [0.1, 0.15) is 5.82 Å². The molecule has 21 heavy (non-hydrogen) atoms. The van der Waals surface area contributed by atoms with Crippen LogP contribution in [-0.4, -0.2) is 44.3 Å². The highest BCUT2D eigenvalue weighted by Crippen LogP contribution is 2.21. The molecular weight excluding hydrogens is 290 g/mol. The molecule has 0 fully saturated rings. The molecule has 0 saturated heterocycles. The van der Waals surface area contributed by atoms with Crippen LogP contribution in [0.5, 0.6) is 0 Å². The zero-order valence-corrected chi connectivity index (χ0v) is 12.9. The van der Waals surface area contributed by atoms with Gasteiger partial charge in [-0.15, -0.1) is 0 Å². The minimum atomic E-state index is -3.23. The number of fused-ring (bicyclic) bond motifs is 1. The molecule has 114 valence electrons. The fourth-order valence-electron chi connectivity index (χ4n) is 1.85. The van der Waals surface area contributed by atoms with E-state index in [4.69, 9.17) is 0 Å². The van der Waals surface area contributed by atoms with Gasteiger partial charge in [-0.3, -0.25) is 0 Å². The van der Waals surface area contributed by atoms with Crippen molar-refractivity contribution >= 4 is 32.7 Å². The Hall–Kier alpha value is -1.93.